The number of halogens is 1. The van der Waals surface area contributed by atoms with Crippen molar-refractivity contribution in [2.45, 2.75) is 45.7 Å². The number of urea groups is 1. The third-order valence-corrected chi connectivity index (χ3v) is 8.42. The maximum atomic E-state index is 13.7. The van der Waals surface area contributed by atoms with Crippen molar-refractivity contribution in [3.8, 4) is 11.5 Å². The molecule has 0 bridgehead atoms. The number of hydrogen-bond donors (Lipinski definition) is 0. The molecule has 1 aromatic heterocycles. The highest BCUT2D eigenvalue weighted by Crippen LogP contribution is 2.41. The number of aromatic nitrogens is 1. The molecule has 40 heavy (non-hydrogen) atoms. The normalized spacial score (nSPS) is 18.8. The first kappa shape index (κ1) is 28.1. The number of likely N-dealkylation sites (N-methyl/N-ethyl adjacent to an activating group) is 1. The minimum Gasteiger partial charge on any atom is -0.493 e. The van der Waals surface area contributed by atoms with E-state index in [0.29, 0.717) is 42.8 Å². The van der Waals surface area contributed by atoms with Gasteiger partial charge in [-0.3, -0.25) is 9.69 Å². The van der Waals surface area contributed by atoms with Crippen LogP contribution in [-0.2, 0) is 17.9 Å². The van der Waals surface area contributed by atoms with Crippen molar-refractivity contribution in [2.75, 3.05) is 45.8 Å². The Labute approximate surface area is 241 Å². The molecule has 0 N–H and O–H groups in total. The molecule has 9 heteroatoms. The lowest BCUT2D eigenvalue weighted by Crippen LogP contribution is -2.49. The highest BCUT2D eigenvalue weighted by Gasteiger charge is 2.31. The van der Waals surface area contributed by atoms with E-state index in [-0.39, 0.29) is 18.5 Å². The fourth-order valence-electron chi connectivity index (χ4n) is 5.57. The topological polar surface area (TPSA) is 67.2 Å². The lowest BCUT2D eigenvalue weighted by Gasteiger charge is -2.36. The molecule has 2 atom stereocenters. The van der Waals surface area contributed by atoms with E-state index in [1.165, 1.54) is 12.8 Å². The first-order chi connectivity index (χ1) is 19.3. The first-order valence-electron chi connectivity index (χ1n) is 14.1. The van der Waals surface area contributed by atoms with Gasteiger partial charge in [0.15, 0.2) is 11.5 Å². The van der Waals surface area contributed by atoms with Gasteiger partial charge in [0.1, 0.15) is 6.54 Å². The Kier molecular flexibility index (Phi) is 8.45. The lowest BCUT2D eigenvalue weighted by atomic mass is 10.1. The standard InChI is InChI=1S/C31H39ClN4O4/c1-21-16-22(21)9-6-15-40-28-17-24(11-12-27(28)39-4)36-14-7-13-34(31(36)38)18-23-8-5-10-26-30(23)25(32)19-35(26)20-29(37)33(2)3/h5,8,10-12,17,19,21-22H,6-7,9,13-16,18,20H2,1-4H3/t21-,22-/m0/s1. The molecule has 1 aliphatic carbocycles. The fourth-order valence-corrected chi connectivity index (χ4v) is 5.91. The van der Waals surface area contributed by atoms with Gasteiger partial charge in [-0.25, -0.2) is 4.79 Å². The van der Waals surface area contributed by atoms with E-state index in [1.807, 2.05) is 50.8 Å². The summed E-state index contributed by atoms with van der Waals surface area (Å²) in [5, 5.41) is 1.45. The Morgan fingerprint density at radius 2 is 1.95 bits per heavy atom. The van der Waals surface area contributed by atoms with Gasteiger partial charge in [0.05, 0.1) is 24.3 Å². The van der Waals surface area contributed by atoms with Crippen LogP contribution in [0.5, 0.6) is 11.5 Å². The number of rotatable bonds is 11. The van der Waals surface area contributed by atoms with Gasteiger partial charge in [0, 0.05) is 57.1 Å². The molecule has 1 saturated carbocycles. The number of carbonyl (C=O) groups excluding carboxylic acids is 2. The van der Waals surface area contributed by atoms with Crippen molar-refractivity contribution < 1.29 is 19.1 Å². The van der Waals surface area contributed by atoms with Gasteiger partial charge >= 0.3 is 6.03 Å². The minimum atomic E-state index is -0.0552. The highest BCUT2D eigenvalue weighted by molar-refractivity contribution is 6.36. The highest BCUT2D eigenvalue weighted by atomic mass is 35.5. The number of amides is 3. The maximum absolute atomic E-state index is 13.7. The second-order valence-corrected chi connectivity index (χ2v) is 11.6. The van der Waals surface area contributed by atoms with Gasteiger partial charge in [-0.05, 0) is 61.3 Å². The van der Waals surface area contributed by atoms with E-state index in [2.05, 4.69) is 6.92 Å². The molecule has 2 heterocycles. The zero-order valence-electron chi connectivity index (χ0n) is 23.9. The van der Waals surface area contributed by atoms with Gasteiger partial charge in [-0.15, -0.1) is 0 Å². The van der Waals surface area contributed by atoms with Crippen molar-refractivity contribution in [3.63, 3.8) is 0 Å². The van der Waals surface area contributed by atoms with Crippen molar-refractivity contribution in [1.82, 2.24) is 14.4 Å². The molecule has 2 fully saturated rings. The average molecular weight is 567 g/mol. The lowest BCUT2D eigenvalue weighted by molar-refractivity contribution is -0.129. The molecular formula is C31H39ClN4O4. The molecule has 0 radical (unpaired) electrons. The Balaban J connectivity index is 1.31. The molecular weight excluding hydrogens is 528 g/mol. The Morgan fingerprint density at radius 3 is 2.67 bits per heavy atom. The number of nitrogens with zero attached hydrogens (tertiary/aromatic N) is 4. The second-order valence-electron chi connectivity index (χ2n) is 11.2. The maximum Gasteiger partial charge on any atom is 0.324 e. The molecule has 8 nitrogen and oxygen atoms in total. The number of carbonyl (C=O) groups is 2. The Bertz CT molecular complexity index is 1390. The van der Waals surface area contributed by atoms with Crippen LogP contribution >= 0.6 is 11.6 Å². The zero-order valence-corrected chi connectivity index (χ0v) is 24.6. The van der Waals surface area contributed by atoms with Crippen LogP contribution < -0.4 is 14.4 Å². The Hall–Kier alpha value is -3.39. The fraction of sp³-hybridized carbons (Fsp3) is 0.484. The van der Waals surface area contributed by atoms with Crippen LogP contribution in [0.15, 0.2) is 42.6 Å². The molecule has 3 aromatic rings. The third-order valence-electron chi connectivity index (χ3n) is 8.13. The summed E-state index contributed by atoms with van der Waals surface area (Å²) in [6.45, 7) is 4.86. The number of methoxy groups -OCH3 is 1. The van der Waals surface area contributed by atoms with Gasteiger partial charge in [-0.2, -0.15) is 0 Å². The molecule has 2 aliphatic rings. The predicted molar refractivity (Wildman–Crippen MR) is 158 cm³/mol. The van der Waals surface area contributed by atoms with Crippen LogP contribution in [0.4, 0.5) is 10.5 Å². The number of anilines is 1. The zero-order chi connectivity index (χ0) is 28.4. The summed E-state index contributed by atoms with van der Waals surface area (Å²) >= 11 is 6.67. The quantitative estimate of drug-likeness (QED) is 0.265. The largest absolute Gasteiger partial charge is 0.493 e. The summed E-state index contributed by atoms with van der Waals surface area (Å²) in [5.41, 5.74) is 2.63. The molecule has 1 saturated heterocycles. The Morgan fingerprint density at radius 1 is 1.15 bits per heavy atom. The monoisotopic (exact) mass is 566 g/mol. The van der Waals surface area contributed by atoms with Crippen LogP contribution in [-0.4, -0.2) is 67.2 Å². The van der Waals surface area contributed by atoms with Gasteiger partial charge in [-0.1, -0.05) is 30.7 Å². The molecule has 1 aliphatic heterocycles. The van der Waals surface area contributed by atoms with Crippen LogP contribution in [0, 0.1) is 11.8 Å². The SMILES string of the molecule is COc1ccc(N2CCCN(Cc3cccc4c3c(Cl)cn4CC(=O)N(C)C)C2=O)cc1OCCC[C@H]1C[C@@H]1C. The molecule has 2 aromatic carbocycles. The molecule has 5 rings (SSSR count). The number of hydrogen-bond acceptors (Lipinski definition) is 4. The van der Waals surface area contributed by atoms with E-state index in [1.54, 1.807) is 32.3 Å². The first-order valence-corrected chi connectivity index (χ1v) is 14.5. The summed E-state index contributed by atoms with van der Waals surface area (Å²) in [5.74, 6) is 3.01. The second kappa shape index (κ2) is 12.0. The van der Waals surface area contributed by atoms with Crippen molar-refractivity contribution in [1.29, 1.82) is 0 Å². The van der Waals surface area contributed by atoms with E-state index in [4.69, 9.17) is 21.1 Å². The molecule has 0 spiro atoms. The molecule has 3 amide bonds. The molecule has 214 valence electrons. The van der Waals surface area contributed by atoms with Crippen molar-refractivity contribution in [2.24, 2.45) is 11.8 Å². The number of ether oxygens (including phenoxy) is 2. The van der Waals surface area contributed by atoms with Gasteiger partial charge < -0.3 is 23.8 Å². The average Bonchev–Trinajstić information content (AvgIpc) is 3.56. The van der Waals surface area contributed by atoms with Crippen LogP contribution in [0.25, 0.3) is 10.9 Å². The number of benzene rings is 2. The summed E-state index contributed by atoms with van der Waals surface area (Å²) in [6.07, 6.45) is 6.17. The van der Waals surface area contributed by atoms with E-state index >= 15 is 0 Å². The number of fused-ring (bicyclic) bond motifs is 1. The van der Waals surface area contributed by atoms with Gasteiger partial charge in [0.25, 0.3) is 0 Å². The van der Waals surface area contributed by atoms with Crippen LogP contribution in [0.3, 0.4) is 0 Å². The summed E-state index contributed by atoms with van der Waals surface area (Å²) in [7, 11) is 5.11. The van der Waals surface area contributed by atoms with Gasteiger partial charge in [0.2, 0.25) is 5.91 Å². The van der Waals surface area contributed by atoms with E-state index in [0.717, 1.165) is 46.8 Å². The smallest absolute Gasteiger partial charge is 0.324 e. The summed E-state index contributed by atoms with van der Waals surface area (Å²) in [4.78, 5) is 31.3. The van der Waals surface area contributed by atoms with E-state index < -0.39 is 0 Å². The predicted octanol–water partition coefficient (Wildman–Crippen LogP) is 6.04. The molecule has 0 unspecified atom stereocenters. The third kappa shape index (κ3) is 6.02. The minimum absolute atomic E-state index is 0.0128. The van der Waals surface area contributed by atoms with Crippen molar-refractivity contribution in [3.05, 3.63) is 53.2 Å². The van der Waals surface area contributed by atoms with Crippen molar-refractivity contribution >= 4 is 40.1 Å². The summed E-state index contributed by atoms with van der Waals surface area (Å²) < 4.78 is 13.5. The summed E-state index contributed by atoms with van der Waals surface area (Å²) in [6, 6.07) is 11.6. The van der Waals surface area contributed by atoms with E-state index in [9.17, 15) is 9.59 Å². The van der Waals surface area contributed by atoms with Crippen LogP contribution in [0.1, 0.15) is 38.2 Å². The van der Waals surface area contributed by atoms with Crippen LogP contribution in [0.2, 0.25) is 5.02 Å².